The lowest BCUT2D eigenvalue weighted by atomic mass is 10.2. The summed E-state index contributed by atoms with van der Waals surface area (Å²) in [5.41, 5.74) is 7.91. The number of ether oxygens (including phenoxy) is 1. The molecule has 0 bridgehead atoms. The number of unbranched alkanes of at least 4 members (excludes halogenated alkanes) is 2. The first-order valence-electron chi connectivity index (χ1n) is 13.3. The van der Waals surface area contributed by atoms with Crippen molar-refractivity contribution < 1.29 is 23.1 Å². The fourth-order valence-corrected chi connectivity index (χ4v) is 4.34. The molecule has 3 aromatic rings. The highest BCUT2D eigenvalue weighted by Crippen LogP contribution is 2.18. The van der Waals surface area contributed by atoms with Crippen LogP contribution >= 0.6 is 0 Å². The lowest BCUT2D eigenvalue weighted by Gasteiger charge is -2.27. The van der Waals surface area contributed by atoms with Crippen LogP contribution in [0.4, 0.5) is 30.6 Å². The second kappa shape index (κ2) is 14.3. The highest BCUT2D eigenvalue weighted by molar-refractivity contribution is 6.04. The maximum atomic E-state index is 13.7. The van der Waals surface area contributed by atoms with Crippen molar-refractivity contribution in [3.8, 4) is 0 Å². The van der Waals surface area contributed by atoms with Gasteiger partial charge in [0.1, 0.15) is 5.69 Å². The molecule has 0 unspecified atom stereocenters. The number of morpholine rings is 1. The van der Waals surface area contributed by atoms with Gasteiger partial charge in [-0.2, -0.15) is 0 Å². The second-order valence-corrected chi connectivity index (χ2v) is 9.59. The van der Waals surface area contributed by atoms with E-state index in [-0.39, 0.29) is 17.9 Å². The van der Waals surface area contributed by atoms with Gasteiger partial charge in [0.05, 0.1) is 24.6 Å². The highest BCUT2D eigenvalue weighted by atomic mass is 19.2. The van der Waals surface area contributed by atoms with Crippen LogP contribution in [0.5, 0.6) is 0 Å². The Kier molecular flexibility index (Phi) is 10.4. The Morgan fingerprint density at radius 1 is 0.975 bits per heavy atom. The van der Waals surface area contributed by atoms with Gasteiger partial charge in [-0.25, -0.2) is 13.6 Å². The van der Waals surface area contributed by atoms with Crippen LogP contribution in [0.1, 0.15) is 35.3 Å². The van der Waals surface area contributed by atoms with E-state index in [9.17, 15) is 18.4 Å². The van der Waals surface area contributed by atoms with Gasteiger partial charge in [-0.05, 0) is 55.3 Å². The molecule has 1 saturated heterocycles. The summed E-state index contributed by atoms with van der Waals surface area (Å²) < 4.78 is 32.4. The van der Waals surface area contributed by atoms with Crippen LogP contribution in [0, 0.1) is 11.6 Å². The van der Waals surface area contributed by atoms with Crippen molar-refractivity contribution in [3.05, 3.63) is 83.7 Å². The second-order valence-electron chi connectivity index (χ2n) is 9.59. The third-order valence-electron chi connectivity index (χ3n) is 6.60. The van der Waals surface area contributed by atoms with Gasteiger partial charge in [0, 0.05) is 44.1 Å². The molecule has 2 aromatic carbocycles. The standard InChI is InChI=1S/C29H34F2N6O3/c30-23-10-9-22(18-24(23)31)34-29(39)37(13-5-1-4-12-36-14-16-40-17-15-36)20-21-8-11-27(33-19-21)28(38)35-26-7-3-2-6-25(26)32/h2-3,6-11,18-19H,1,4-5,12-17,20,32H2,(H,34,39)(H,35,38). The minimum absolute atomic E-state index is 0.159. The average Bonchev–Trinajstić information content (AvgIpc) is 2.96. The minimum Gasteiger partial charge on any atom is -0.397 e. The summed E-state index contributed by atoms with van der Waals surface area (Å²) in [5.74, 6) is -2.43. The van der Waals surface area contributed by atoms with E-state index in [4.69, 9.17) is 10.5 Å². The zero-order valence-corrected chi connectivity index (χ0v) is 22.2. The number of urea groups is 1. The van der Waals surface area contributed by atoms with Gasteiger partial charge in [0.15, 0.2) is 11.6 Å². The van der Waals surface area contributed by atoms with E-state index in [2.05, 4.69) is 20.5 Å². The molecule has 11 heteroatoms. The molecule has 9 nitrogen and oxygen atoms in total. The SMILES string of the molecule is Nc1ccccc1NC(=O)c1ccc(CN(CCCCCN2CCOCC2)C(=O)Nc2ccc(F)c(F)c2)cn1. The molecule has 0 saturated carbocycles. The first kappa shape index (κ1) is 28.9. The largest absolute Gasteiger partial charge is 0.397 e. The smallest absolute Gasteiger partial charge is 0.322 e. The number of rotatable bonds is 11. The Hall–Kier alpha value is -4.09. The zero-order chi connectivity index (χ0) is 28.3. The summed E-state index contributed by atoms with van der Waals surface area (Å²) in [6.07, 6.45) is 4.23. The number of hydrogen-bond acceptors (Lipinski definition) is 6. The van der Waals surface area contributed by atoms with Crippen LogP contribution < -0.4 is 16.4 Å². The fraction of sp³-hybridized carbons (Fsp3) is 0.345. The summed E-state index contributed by atoms with van der Waals surface area (Å²) in [4.78, 5) is 34.0. The van der Waals surface area contributed by atoms with Crippen LogP contribution in [0.25, 0.3) is 0 Å². The van der Waals surface area contributed by atoms with E-state index in [0.717, 1.165) is 64.2 Å². The number of anilines is 3. The van der Waals surface area contributed by atoms with Gasteiger partial charge in [-0.1, -0.05) is 24.6 Å². The van der Waals surface area contributed by atoms with E-state index >= 15 is 0 Å². The molecule has 212 valence electrons. The number of hydrogen-bond donors (Lipinski definition) is 3. The van der Waals surface area contributed by atoms with E-state index in [1.807, 2.05) is 0 Å². The van der Waals surface area contributed by atoms with Crippen molar-refractivity contribution in [1.29, 1.82) is 0 Å². The first-order chi connectivity index (χ1) is 19.4. The number of nitrogens with two attached hydrogens (primary N) is 1. The number of carbonyl (C=O) groups is 2. The molecular weight excluding hydrogens is 518 g/mol. The molecule has 4 rings (SSSR count). The number of nitrogens with zero attached hydrogens (tertiary/aromatic N) is 3. The number of nitrogens with one attached hydrogen (secondary N) is 2. The lowest BCUT2D eigenvalue weighted by Crippen LogP contribution is -2.37. The summed E-state index contributed by atoms with van der Waals surface area (Å²) in [6, 6.07) is 13.0. The van der Waals surface area contributed by atoms with E-state index < -0.39 is 23.6 Å². The van der Waals surface area contributed by atoms with Crippen molar-refractivity contribution >= 4 is 29.0 Å². The van der Waals surface area contributed by atoms with Gasteiger partial charge in [0.2, 0.25) is 0 Å². The number of para-hydroxylation sites is 2. The van der Waals surface area contributed by atoms with Crippen LogP contribution in [0.2, 0.25) is 0 Å². The van der Waals surface area contributed by atoms with E-state index in [1.54, 1.807) is 47.5 Å². The summed E-state index contributed by atoms with van der Waals surface area (Å²) >= 11 is 0. The molecule has 1 aliphatic rings. The molecular formula is C29H34F2N6O3. The molecule has 1 aliphatic heterocycles. The van der Waals surface area contributed by atoms with Crippen molar-refractivity contribution in [2.24, 2.45) is 0 Å². The predicted molar refractivity (Wildman–Crippen MR) is 150 cm³/mol. The van der Waals surface area contributed by atoms with E-state index in [1.165, 1.54) is 6.07 Å². The molecule has 1 aromatic heterocycles. The van der Waals surface area contributed by atoms with Crippen molar-refractivity contribution in [2.45, 2.75) is 25.8 Å². The fourth-order valence-electron chi connectivity index (χ4n) is 4.34. The molecule has 0 radical (unpaired) electrons. The van der Waals surface area contributed by atoms with E-state index in [0.29, 0.717) is 23.5 Å². The first-order valence-corrected chi connectivity index (χ1v) is 13.3. The Balaban J connectivity index is 1.36. The molecule has 40 heavy (non-hydrogen) atoms. The number of pyridine rings is 1. The third-order valence-corrected chi connectivity index (χ3v) is 6.60. The minimum atomic E-state index is -1.04. The summed E-state index contributed by atoms with van der Waals surface area (Å²) in [6.45, 7) is 5.03. The van der Waals surface area contributed by atoms with Crippen molar-refractivity contribution in [2.75, 3.05) is 55.8 Å². The molecule has 4 N–H and O–H groups in total. The van der Waals surface area contributed by atoms with Crippen LogP contribution in [-0.2, 0) is 11.3 Å². The van der Waals surface area contributed by atoms with Gasteiger partial charge >= 0.3 is 6.03 Å². The maximum absolute atomic E-state index is 13.7. The number of benzene rings is 2. The molecule has 3 amide bonds. The van der Waals surface area contributed by atoms with Gasteiger partial charge in [-0.15, -0.1) is 0 Å². The lowest BCUT2D eigenvalue weighted by molar-refractivity contribution is 0.0371. The van der Waals surface area contributed by atoms with Crippen LogP contribution in [-0.4, -0.2) is 66.1 Å². The monoisotopic (exact) mass is 552 g/mol. The van der Waals surface area contributed by atoms with Crippen LogP contribution in [0.3, 0.4) is 0 Å². The summed E-state index contributed by atoms with van der Waals surface area (Å²) in [5, 5.41) is 5.38. The average molecular weight is 553 g/mol. The number of amides is 3. The highest BCUT2D eigenvalue weighted by Gasteiger charge is 2.17. The zero-order valence-electron chi connectivity index (χ0n) is 22.2. The number of halogens is 2. The molecule has 0 spiro atoms. The number of nitrogen functional groups attached to an aromatic ring is 1. The van der Waals surface area contributed by atoms with Gasteiger partial charge < -0.3 is 26.0 Å². The molecule has 0 atom stereocenters. The van der Waals surface area contributed by atoms with Gasteiger partial charge in [0.25, 0.3) is 5.91 Å². The maximum Gasteiger partial charge on any atom is 0.322 e. The normalized spacial score (nSPS) is 13.6. The molecule has 2 heterocycles. The van der Waals surface area contributed by atoms with Crippen LogP contribution in [0.15, 0.2) is 60.8 Å². The van der Waals surface area contributed by atoms with Crippen molar-refractivity contribution in [1.82, 2.24) is 14.8 Å². The van der Waals surface area contributed by atoms with Gasteiger partial charge in [-0.3, -0.25) is 14.7 Å². The molecule has 0 aliphatic carbocycles. The Morgan fingerprint density at radius 2 is 1.77 bits per heavy atom. The summed E-state index contributed by atoms with van der Waals surface area (Å²) in [7, 11) is 0. The number of aromatic nitrogens is 1. The van der Waals surface area contributed by atoms with Crippen molar-refractivity contribution in [3.63, 3.8) is 0 Å². The number of carbonyl (C=O) groups excluding carboxylic acids is 2. The third kappa shape index (κ3) is 8.45. The topological polar surface area (TPSA) is 113 Å². The Bertz CT molecular complexity index is 1290. The molecule has 1 fully saturated rings. The Labute approximate surface area is 232 Å². The quantitative estimate of drug-likeness (QED) is 0.234. The predicted octanol–water partition coefficient (Wildman–Crippen LogP) is 4.73. The Morgan fingerprint density at radius 3 is 2.50 bits per heavy atom.